The fourth-order valence-electron chi connectivity index (χ4n) is 2.29. The lowest BCUT2D eigenvalue weighted by molar-refractivity contribution is 0.315. The van der Waals surface area contributed by atoms with Gasteiger partial charge in [-0.2, -0.15) is 0 Å². The molecule has 0 radical (unpaired) electrons. The van der Waals surface area contributed by atoms with Crippen LogP contribution in [-0.4, -0.2) is 19.0 Å². The summed E-state index contributed by atoms with van der Waals surface area (Å²) in [4.78, 5) is 4.47. The summed E-state index contributed by atoms with van der Waals surface area (Å²) in [5.74, 6) is 1.33. The molecule has 0 spiro atoms. The molecule has 0 unspecified atom stereocenters. The van der Waals surface area contributed by atoms with Gasteiger partial charge in [0.05, 0.1) is 6.54 Å². The Morgan fingerprint density at radius 2 is 2.14 bits per heavy atom. The molecule has 0 saturated heterocycles. The van der Waals surface area contributed by atoms with E-state index in [9.17, 15) is 0 Å². The molecular weight excluding hydrogens is 397 g/mol. The first-order valence-corrected chi connectivity index (χ1v) is 7.65. The lowest BCUT2D eigenvalue weighted by Crippen LogP contribution is -2.38. The molecule has 21 heavy (non-hydrogen) atoms. The number of aliphatic imine (C=N–C) groups is 1. The summed E-state index contributed by atoms with van der Waals surface area (Å²) >= 11 is 6.05. The van der Waals surface area contributed by atoms with Crippen molar-refractivity contribution in [2.45, 2.75) is 38.5 Å². The van der Waals surface area contributed by atoms with Gasteiger partial charge in [0.2, 0.25) is 0 Å². The molecule has 3 N–H and O–H groups in total. The van der Waals surface area contributed by atoms with Gasteiger partial charge in [-0.1, -0.05) is 44.0 Å². The first-order chi connectivity index (χ1) is 9.47. The number of nitrogens with one attached hydrogen (secondary N) is 1. The Hall–Kier alpha value is -0.490. The smallest absolute Gasteiger partial charge is 0.188 e. The van der Waals surface area contributed by atoms with Crippen molar-refractivity contribution in [1.29, 1.82) is 0 Å². The van der Waals surface area contributed by atoms with Gasteiger partial charge in [-0.25, -0.2) is 0 Å². The summed E-state index contributed by atoms with van der Waals surface area (Å²) in [5.41, 5.74) is 7.03. The van der Waals surface area contributed by atoms with E-state index in [0.29, 0.717) is 12.5 Å². The van der Waals surface area contributed by atoms with Gasteiger partial charge >= 0.3 is 0 Å². The second kappa shape index (κ2) is 8.22. The molecule has 2 rings (SSSR count). The van der Waals surface area contributed by atoms with Crippen molar-refractivity contribution in [3.05, 3.63) is 34.9 Å². The Bertz CT molecular complexity index is 484. The first-order valence-electron chi connectivity index (χ1n) is 7.27. The Labute approximate surface area is 149 Å². The quantitative estimate of drug-likeness (QED) is 0.430. The normalized spacial score (nSPS) is 16.0. The van der Waals surface area contributed by atoms with E-state index in [1.807, 2.05) is 18.2 Å². The van der Waals surface area contributed by atoms with Crippen molar-refractivity contribution >= 4 is 41.5 Å². The van der Waals surface area contributed by atoms with E-state index in [4.69, 9.17) is 17.3 Å². The lowest BCUT2D eigenvalue weighted by atomic mass is 9.85. The van der Waals surface area contributed by atoms with Gasteiger partial charge in [0.15, 0.2) is 5.96 Å². The van der Waals surface area contributed by atoms with Gasteiger partial charge in [0.1, 0.15) is 0 Å². The van der Waals surface area contributed by atoms with E-state index in [1.54, 1.807) is 0 Å². The van der Waals surface area contributed by atoms with Gasteiger partial charge in [-0.3, -0.25) is 4.99 Å². The van der Waals surface area contributed by atoms with Crippen LogP contribution in [0.5, 0.6) is 0 Å². The predicted molar refractivity (Wildman–Crippen MR) is 102 cm³/mol. The molecule has 0 atom stereocenters. The Kier molecular flexibility index (Phi) is 7.27. The van der Waals surface area contributed by atoms with Crippen molar-refractivity contribution in [1.82, 2.24) is 5.32 Å². The third-order valence-corrected chi connectivity index (χ3v) is 4.28. The number of benzene rings is 1. The van der Waals surface area contributed by atoms with Crippen molar-refractivity contribution in [2.24, 2.45) is 16.6 Å². The minimum Gasteiger partial charge on any atom is -0.370 e. The number of hydrogen-bond acceptors (Lipinski definition) is 1. The maximum Gasteiger partial charge on any atom is 0.188 e. The first kappa shape index (κ1) is 18.6. The molecule has 1 aliphatic rings. The van der Waals surface area contributed by atoms with E-state index in [0.717, 1.165) is 17.5 Å². The zero-order valence-corrected chi connectivity index (χ0v) is 15.8. The molecule has 0 heterocycles. The Morgan fingerprint density at radius 3 is 2.71 bits per heavy atom. The number of hydrogen-bond donors (Lipinski definition) is 2. The second-order valence-electron chi connectivity index (χ2n) is 6.27. The third-order valence-electron chi connectivity index (χ3n) is 4.05. The van der Waals surface area contributed by atoms with Gasteiger partial charge in [0, 0.05) is 17.0 Å². The summed E-state index contributed by atoms with van der Waals surface area (Å²) in [6, 6.07) is 7.94. The lowest BCUT2D eigenvalue weighted by Gasteiger charge is -2.26. The van der Waals surface area contributed by atoms with E-state index in [2.05, 4.69) is 30.2 Å². The zero-order valence-electron chi connectivity index (χ0n) is 12.7. The highest BCUT2D eigenvalue weighted by molar-refractivity contribution is 14.0. The van der Waals surface area contributed by atoms with Crippen LogP contribution in [0.25, 0.3) is 0 Å². The highest BCUT2D eigenvalue weighted by atomic mass is 127. The van der Waals surface area contributed by atoms with Crippen LogP contribution in [0.2, 0.25) is 5.02 Å². The van der Waals surface area contributed by atoms with E-state index in [-0.39, 0.29) is 29.4 Å². The molecule has 3 nitrogen and oxygen atoms in total. The molecule has 5 heteroatoms. The van der Waals surface area contributed by atoms with Crippen LogP contribution in [-0.2, 0) is 5.41 Å². The monoisotopic (exact) mass is 421 g/mol. The van der Waals surface area contributed by atoms with Crippen LogP contribution in [0.3, 0.4) is 0 Å². The summed E-state index contributed by atoms with van der Waals surface area (Å²) in [5, 5.41) is 3.98. The second-order valence-corrected chi connectivity index (χ2v) is 6.71. The molecule has 1 aromatic rings. The maximum absolute atomic E-state index is 6.05. The van der Waals surface area contributed by atoms with Gasteiger partial charge < -0.3 is 11.1 Å². The predicted octanol–water partition coefficient (Wildman–Crippen LogP) is 3.94. The van der Waals surface area contributed by atoms with Crippen LogP contribution >= 0.6 is 35.6 Å². The van der Waals surface area contributed by atoms with Gasteiger partial charge in [-0.15, -0.1) is 24.0 Å². The standard InChI is InChI=1S/C16H24ClN3.HI/c1-16(2,13-7-4-8-14(17)9-13)11-20-15(18)19-10-12-5-3-6-12;/h4,7-9,12H,3,5-6,10-11H2,1-2H3,(H3,18,19,20);1H. The average molecular weight is 422 g/mol. The highest BCUT2D eigenvalue weighted by Gasteiger charge is 2.21. The minimum atomic E-state index is -0.0757. The SMILES string of the molecule is CC(C)(CN=C(N)NCC1CCC1)c1cccc(Cl)c1.I. The van der Waals surface area contributed by atoms with Crippen LogP contribution in [0.15, 0.2) is 29.3 Å². The van der Waals surface area contributed by atoms with E-state index >= 15 is 0 Å². The minimum absolute atomic E-state index is 0. The number of guanidine groups is 1. The molecule has 0 aliphatic heterocycles. The molecule has 1 saturated carbocycles. The number of nitrogens with two attached hydrogens (primary N) is 1. The van der Waals surface area contributed by atoms with Crippen LogP contribution in [0.4, 0.5) is 0 Å². The largest absolute Gasteiger partial charge is 0.370 e. The van der Waals surface area contributed by atoms with Crippen molar-refractivity contribution < 1.29 is 0 Å². The third kappa shape index (κ3) is 5.66. The van der Waals surface area contributed by atoms with Crippen molar-refractivity contribution in [2.75, 3.05) is 13.1 Å². The van der Waals surface area contributed by atoms with Crippen molar-refractivity contribution in [3.63, 3.8) is 0 Å². The molecule has 0 aromatic heterocycles. The summed E-state index contributed by atoms with van der Waals surface area (Å²) in [7, 11) is 0. The molecule has 1 fully saturated rings. The Balaban J connectivity index is 0.00000220. The van der Waals surface area contributed by atoms with E-state index in [1.165, 1.54) is 24.8 Å². The van der Waals surface area contributed by atoms with Crippen molar-refractivity contribution in [3.8, 4) is 0 Å². The summed E-state index contributed by atoms with van der Waals surface area (Å²) in [6.45, 7) is 5.91. The molecule has 0 bridgehead atoms. The Morgan fingerprint density at radius 1 is 1.43 bits per heavy atom. The zero-order chi connectivity index (χ0) is 14.6. The van der Waals surface area contributed by atoms with Crippen LogP contribution < -0.4 is 11.1 Å². The van der Waals surface area contributed by atoms with Crippen LogP contribution in [0.1, 0.15) is 38.7 Å². The number of halogens is 2. The molecule has 118 valence electrons. The summed E-state index contributed by atoms with van der Waals surface area (Å²) < 4.78 is 0. The highest BCUT2D eigenvalue weighted by Crippen LogP contribution is 2.26. The fraction of sp³-hybridized carbons (Fsp3) is 0.562. The maximum atomic E-state index is 6.05. The topological polar surface area (TPSA) is 50.4 Å². The molecule has 1 aliphatic carbocycles. The molecular formula is C16H25ClIN3. The van der Waals surface area contributed by atoms with Crippen LogP contribution in [0, 0.1) is 5.92 Å². The number of rotatable bonds is 5. The summed E-state index contributed by atoms with van der Waals surface area (Å²) in [6.07, 6.45) is 3.98. The van der Waals surface area contributed by atoms with E-state index < -0.39 is 0 Å². The molecule has 0 amide bonds. The molecule has 1 aromatic carbocycles. The average Bonchev–Trinajstić information content (AvgIpc) is 2.35. The van der Waals surface area contributed by atoms with Gasteiger partial charge in [0.25, 0.3) is 0 Å². The number of nitrogens with zero attached hydrogens (tertiary/aromatic N) is 1. The fourth-order valence-corrected chi connectivity index (χ4v) is 2.48. The van der Waals surface area contributed by atoms with Gasteiger partial charge in [-0.05, 0) is 36.5 Å².